The first kappa shape index (κ1) is 21.6. The Kier molecular flexibility index (Phi) is 6.56. The van der Waals surface area contributed by atoms with E-state index in [1.165, 1.54) is 6.07 Å². The van der Waals surface area contributed by atoms with Crippen molar-refractivity contribution >= 4 is 6.09 Å². The molecule has 1 aromatic heterocycles. The van der Waals surface area contributed by atoms with Crippen LogP contribution < -0.4 is 4.74 Å². The van der Waals surface area contributed by atoms with E-state index in [4.69, 9.17) is 14.7 Å². The molecule has 2 heterocycles. The van der Waals surface area contributed by atoms with E-state index in [0.29, 0.717) is 31.5 Å². The van der Waals surface area contributed by atoms with Gasteiger partial charge in [-0.3, -0.25) is 0 Å². The molecule has 30 heavy (non-hydrogen) atoms. The normalized spacial score (nSPS) is 15.9. The van der Waals surface area contributed by atoms with E-state index < -0.39 is 11.5 Å². The monoisotopic (exact) mass is 411 g/mol. The number of carbonyl (C=O) groups excluding carboxylic acids is 1. The van der Waals surface area contributed by atoms with Gasteiger partial charge >= 0.3 is 6.09 Å². The third-order valence-electron chi connectivity index (χ3n) is 4.93. The number of hydrogen-bond donors (Lipinski definition) is 0. The molecule has 158 valence electrons. The minimum Gasteiger partial charge on any atom is -0.469 e. The van der Waals surface area contributed by atoms with Crippen molar-refractivity contribution in [2.24, 2.45) is 5.92 Å². The second kappa shape index (κ2) is 9.12. The van der Waals surface area contributed by atoms with Crippen LogP contribution >= 0.6 is 0 Å². The summed E-state index contributed by atoms with van der Waals surface area (Å²) in [5.74, 6) is -0.300. The maximum atomic E-state index is 13.6. The molecule has 0 radical (unpaired) electrons. The Labute approximate surface area is 176 Å². The van der Waals surface area contributed by atoms with Crippen molar-refractivity contribution in [1.82, 2.24) is 9.88 Å². The fourth-order valence-corrected chi connectivity index (χ4v) is 3.48. The molecule has 1 aliphatic heterocycles. The van der Waals surface area contributed by atoms with Crippen molar-refractivity contribution in [3.05, 3.63) is 59.5 Å². The number of aromatic nitrogens is 1. The number of likely N-dealkylation sites (tertiary alicyclic amines) is 1. The molecular weight excluding hydrogens is 385 g/mol. The number of carbonyl (C=O) groups is 1. The zero-order valence-electron chi connectivity index (χ0n) is 17.5. The molecule has 0 bridgehead atoms. The van der Waals surface area contributed by atoms with Crippen LogP contribution in [-0.4, -0.2) is 34.7 Å². The Morgan fingerprint density at radius 1 is 1.20 bits per heavy atom. The second-order valence-corrected chi connectivity index (χ2v) is 8.38. The summed E-state index contributed by atoms with van der Waals surface area (Å²) in [7, 11) is 0. The van der Waals surface area contributed by atoms with Crippen molar-refractivity contribution < 1.29 is 18.7 Å². The van der Waals surface area contributed by atoms with E-state index in [2.05, 4.69) is 11.1 Å². The van der Waals surface area contributed by atoms with Crippen LogP contribution in [-0.2, 0) is 4.74 Å². The summed E-state index contributed by atoms with van der Waals surface area (Å²) in [6.45, 7) is 6.63. The molecule has 6 nitrogen and oxygen atoms in total. The van der Waals surface area contributed by atoms with Crippen LogP contribution in [0.4, 0.5) is 9.18 Å². The summed E-state index contributed by atoms with van der Waals surface area (Å²) >= 11 is 0. The summed E-state index contributed by atoms with van der Waals surface area (Å²) in [5, 5.41) is 9.06. The number of piperidine rings is 1. The third kappa shape index (κ3) is 5.69. The highest BCUT2D eigenvalue weighted by molar-refractivity contribution is 5.68. The fraction of sp³-hybridized carbons (Fsp3) is 0.435. The molecule has 0 saturated carbocycles. The van der Waals surface area contributed by atoms with Crippen LogP contribution in [0.15, 0.2) is 42.5 Å². The molecule has 7 heteroatoms. The predicted molar refractivity (Wildman–Crippen MR) is 109 cm³/mol. The van der Waals surface area contributed by atoms with Crippen molar-refractivity contribution in [2.75, 3.05) is 13.1 Å². The van der Waals surface area contributed by atoms with Gasteiger partial charge in [0.1, 0.15) is 11.7 Å². The van der Waals surface area contributed by atoms with Gasteiger partial charge in [-0.2, -0.15) is 14.6 Å². The molecule has 1 fully saturated rings. The third-order valence-corrected chi connectivity index (χ3v) is 4.93. The molecule has 1 amide bonds. The molecule has 0 aliphatic carbocycles. The highest BCUT2D eigenvalue weighted by atomic mass is 19.1. The zero-order valence-corrected chi connectivity index (χ0v) is 17.5. The van der Waals surface area contributed by atoms with Crippen molar-refractivity contribution in [2.45, 2.75) is 45.3 Å². The number of nitriles is 1. The van der Waals surface area contributed by atoms with E-state index in [9.17, 15) is 9.18 Å². The van der Waals surface area contributed by atoms with E-state index in [-0.39, 0.29) is 24.0 Å². The van der Waals surface area contributed by atoms with Crippen LogP contribution in [0, 0.1) is 23.2 Å². The first-order valence-electron chi connectivity index (χ1n) is 10.0. The zero-order chi connectivity index (χ0) is 21.7. The topological polar surface area (TPSA) is 75.4 Å². The number of nitrogens with zero attached hydrogens (tertiary/aromatic N) is 3. The molecule has 2 aromatic rings. The van der Waals surface area contributed by atoms with Crippen molar-refractivity contribution in [1.29, 1.82) is 5.26 Å². The van der Waals surface area contributed by atoms with Gasteiger partial charge in [0.05, 0.1) is 11.6 Å². The quantitative estimate of drug-likeness (QED) is 0.672. The fourth-order valence-electron chi connectivity index (χ4n) is 3.48. The van der Waals surface area contributed by atoms with E-state index >= 15 is 0 Å². The number of hydrogen-bond acceptors (Lipinski definition) is 5. The Hall–Kier alpha value is -3.14. The number of amides is 1. The molecule has 0 N–H and O–H groups in total. The van der Waals surface area contributed by atoms with E-state index in [1.807, 2.05) is 32.9 Å². The number of pyridine rings is 1. The lowest BCUT2D eigenvalue weighted by atomic mass is 9.87. The number of benzene rings is 1. The summed E-state index contributed by atoms with van der Waals surface area (Å²) in [6, 6.07) is 13.7. The van der Waals surface area contributed by atoms with E-state index in [0.717, 1.165) is 5.56 Å². The minimum atomic E-state index is -0.606. The van der Waals surface area contributed by atoms with Gasteiger partial charge < -0.3 is 14.4 Å². The van der Waals surface area contributed by atoms with Gasteiger partial charge in [-0.15, -0.1) is 0 Å². The van der Waals surface area contributed by atoms with Gasteiger partial charge in [0, 0.05) is 25.1 Å². The van der Waals surface area contributed by atoms with Crippen LogP contribution in [0.1, 0.15) is 50.8 Å². The first-order valence-corrected chi connectivity index (χ1v) is 10.0. The summed E-state index contributed by atoms with van der Waals surface area (Å²) in [4.78, 5) is 17.9. The van der Waals surface area contributed by atoms with Gasteiger partial charge in [0.2, 0.25) is 11.8 Å². The van der Waals surface area contributed by atoms with Gasteiger partial charge in [-0.25, -0.2) is 4.79 Å². The first-order chi connectivity index (χ1) is 14.2. The van der Waals surface area contributed by atoms with Crippen LogP contribution in [0.25, 0.3) is 0 Å². The van der Waals surface area contributed by atoms with Gasteiger partial charge in [0.25, 0.3) is 0 Å². The Morgan fingerprint density at radius 2 is 1.87 bits per heavy atom. The maximum Gasteiger partial charge on any atom is 0.410 e. The Balaban J connectivity index is 1.75. The molecule has 3 rings (SSSR count). The van der Waals surface area contributed by atoms with Gasteiger partial charge in [-0.05, 0) is 57.4 Å². The van der Waals surface area contributed by atoms with Crippen LogP contribution in [0.3, 0.4) is 0 Å². The lowest BCUT2D eigenvalue weighted by Crippen LogP contribution is -2.43. The molecule has 1 aliphatic rings. The molecular formula is C23H26FN3O3. The summed E-state index contributed by atoms with van der Waals surface area (Å²) < 4.78 is 25.1. The summed E-state index contributed by atoms with van der Waals surface area (Å²) in [6.07, 6.45) is 0.731. The van der Waals surface area contributed by atoms with Crippen LogP contribution in [0.5, 0.6) is 5.88 Å². The molecule has 0 spiro atoms. The number of ether oxygens (including phenoxy) is 2. The summed E-state index contributed by atoms with van der Waals surface area (Å²) in [5.41, 5.74) is 0.905. The SMILES string of the molecule is CC(C)(C)OC(=O)N1CCC(C(Oc2cccc(F)n2)c2ccc(C#N)cc2)CC1. The lowest BCUT2D eigenvalue weighted by molar-refractivity contribution is 0.0101. The molecule has 1 saturated heterocycles. The van der Waals surface area contributed by atoms with Crippen molar-refractivity contribution in [3.8, 4) is 11.9 Å². The van der Waals surface area contributed by atoms with Crippen LogP contribution in [0.2, 0.25) is 0 Å². The molecule has 1 unspecified atom stereocenters. The van der Waals surface area contributed by atoms with Gasteiger partial charge in [0.15, 0.2) is 0 Å². The standard InChI is InChI=1S/C23H26FN3O3/c1-23(2,3)30-22(28)27-13-11-18(12-14-27)21(17-9-7-16(15-25)8-10-17)29-20-6-4-5-19(24)26-20/h4-10,18,21H,11-14H2,1-3H3. The Morgan fingerprint density at radius 3 is 2.43 bits per heavy atom. The van der Waals surface area contributed by atoms with Crippen molar-refractivity contribution in [3.63, 3.8) is 0 Å². The van der Waals surface area contributed by atoms with Gasteiger partial charge in [-0.1, -0.05) is 18.2 Å². The second-order valence-electron chi connectivity index (χ2n) is 8.38. The highest BCUT2D eigenvalue weighted by Gasteiger charge is 2.33. The number of rotatable bonds is 4. The maximum absolute atomic E-state index is 13.6. The molecule has 1 atom stereocenters. The highest BCUT2D eigenvalue weighted by Crippen LogP contribution is 2.35. The largest absolute Gasteiger partial charge is 0.469 e. The average molecular weight is 411 g/mol. The average Bonchev–Trinajstić information content (AvgIpc) is 2.71. The predicted octanol–water partition coefficient (Wildman–Crippen LogP) is 4.86. The smallest absolute Gasteiger partial charge is 0.410 e. The molecule has 1 aromatic carbocycles. The minimum absolute atomic E-state index is 0.0988. The number of halogens is 1. The van der Waals surface area contributed by atoms with E-state index in [1.54, 1.807) is 29.2 Å². The Bertz CT molecular complexity index is 911. The lowest BCUT2D eigenvalue weighted by Gasteiger charge is -2.36.